The van der Waals surface area contributed by atoms with E-state index >= 15 is 0 Å². The monoisotopic (exact) mass is 373 g/mol. The van der Waals surface area contributed by atoms with Crippen molar-refractivity contribution in [2.75, 3.05) is 31.6 Å². The van der Waals surface area contributed by atoms with Crippen LogP contribution < -0.4 is 10.6 Å². The summed E-state index contributed by atoms with van der Waals surface area (Å²) in [5.41, 5.74) is 6.29. The number of nitrogens with one attached hydrogen (secondary N) is 2. The van der Waals surface area contributed by atoms with Crippen LogP contribution in [0.5, 0.6) is 0 Å². The van der Waals surface area contributed by atoms with Crippen LogP contribution in [0.1, 0.15) is 0 Å². The van der Waals surface area contributed by atoms with Gasteiger partial charge in [-0.25, -0.2) is 0 Å². The lowest BCUT2D eigenvalue weighted by Gasteiger charge is -2.24. The molecule has 6 nitrogen and oxygen atoms in total. The van der Waals surface area contributed by atoms with E-state index in [1.807, 2.05) is 0 Å². The van der Waals surface area contributed by atoms with Gasteiger partial charge in [0.2, 0.25) is 0 Å². The van der Waals surface area contributed by atoms with E-state index in [4.69, 9.17) is 4.74 Å². The van der Waals surface area contributed by atoms with Crippen LogP contribution in [0.2, 0.25) is 0 Å². The number of morpholine rings is 1. The maximum Gasteiger partial charge on any atom is 0.0966 e. The zero-order chi connectivity index (χ0) is 18.9. The molecule has 0 radical (unpaired) electrons. The fraction of sp³-hybridized carbons (Fsp3) is 0.273. The number of ether oxygens (including phenoxy) is 1. The molecular formula is C22H23N5O. The van der Waals surface area contributed by atoms with Crippen molar-refractivity contribution in [1.82, 2.24) is 19.9 Å². The Morgan fingerprint density at radius 2 is 2.11 bits per heavy atom. The van der Waals surface area contributed by atoms with Crippen LogP contribution in [-0.4, -0.2) is 46.9 Å². The van der Waals surface area contributed by atoms with Gasteiger partial charge < -0.3 is 19.9 Å². The van der Waals surface area contributed by atoms with Crippen LogP contribution in [0.15, 0.2) is 55.0 Å². The molecule has 5 rings (SSSR count). The summed E-state index contributed by atoms with van der Waals surface area (Å²) >= 11 is 0. The summed E-state index contributed by atoms with van der Waals surface area (Å²) in [6.45, 7) is 3.23. The maximum atomic E-state index is 5.55. The van der Waals surface area contributed by atoms with Crippen LogP contribution in [0.3, 0.4) is 0 Å². The van der Waals surface area contributed by atoms with Gasteiger partial charge in [-0.1, -0.05) is 12.1 Å². The molecular weight excluding hydrogens is 350 g/mol. The van der Waals surface area contributed by atoms with Crippen molar-refractivity contribution in [3.05, 3.63) is 55.0 Å². The van der Waals surface area contributed by atoms with Gasteiger partial charge in [0, 0.05) is 61.5 Å². The highest BCUT2D eigenvalue weighted by Crippen LogP contribution is 2.32. The van der Waals surface area contributed by atoms with Crippen LogP contribution in [0, 0.1) is 0 Å². The van der Waals surface area contributed by atoms with Gasteiger partial charge in [-0.2, -0.15) is 0 Å². The minimum absolute atomic E-state index is 0.314. The number of aromatic nitrogens is 3. The molecule has 1 aliphatic rings. The van der Waals surface area contributed by atoms with E-state index in [-0.39, 0.29) is 0 Å². The third-order valence-corrected chi connectivity index (χ3v) is 5.32. The molecule has 0 spiro atoms. The zero-order valence-electron chi connectivity index (χ0n) is 15.9. The summed E-state index contributed by atoms with van der Waals surface area (Å²) in [7, 11) is 2.07. The minimum atomic E-state index is 0.314. The van der Waals surface area contributed by atoms with Gasteiger partial charge in [-0.3, -0.25) is 9.97 Å². The summed E-state index contributed by atoms with van der Waals surface area (Å²) < 4.78 is 7.69. The van der Waals surface area contributed by atoms with E-state index in [1.54, 1.807) is 12.4 Å². The molecule has 1 atom stereocenters. The van der Waals surface area contributed by atoms with Crippen LogP contribution in [0.25, 0.3) is 33.1 Å². The second kappa shape index (κ2) is 7.22. The number of rotatable bonds is 4. The van der Waals surface area contributed by atoms with Crippen LogP contribution in [-0.2, 0) is 11.8 Å². The summed E-state index contributed by atoms with van der Waals surface area (Å²) in [6, 6.07) is 13.2. The first-order chi connectivity index (χ1) is 13.8. The molecule has 1 unspecified atom stereocenters. The third-order valence-electron chi connectivity index (χ3n) is 5.32. The second-order valence-corrected chi connectivity index (χ2v) is 7.25. The quantitative estimate of drug-likeness (QED) is 0.575. The molecule has 2 aromatic carbocycles. The molecule has 0 bridgehead atoms. The molecule has 0 aliphatic carbocycles. The first-order valence-electron chi connectivity index (χ1n) is 9.63. The van der Waals surface area contributed by atoms with Crippen molar-refractivity contribution in [2.45, 2.75) is 6.04 Å². The zero-order valence-corrected chi connectivity index (χ0v) is 15.9. The van der Waals surface area contributed by atoms with Gasteiger partial charge in [0.1, 0.15) is 0 Å². The third kappa shape index (κ3) is 3.21. The van der Waals surface area contributed by atoms with E-state index in [9.17, 15) is 0 Å². The standard InChI is InChI=1S/C22H23N5O/c1-27-8-4-15-2-3-16(10-21(15)27)19-11-17(12-20-22(19)25-6-5-24-20)26-13-18-14-28-9-7-23-18/h2-6,8,10-12,18,23,26H,7,9,13-14H2,1H3. The molecule has 28 heavy (non-hydrogen) atoms. The van der Waals surface area contributed by atoms with Crippen molar-refractivity contribution >= 4 is 27.6 Å². The molecule has 1 saturated heterocycles. The molecule has 142 valence electrons. The Morgan fingerprint density at radius 1 is 1.18 bits per heavy atom. The summed E-state index contributed by atoms with van der Waals surface area (Å²) in [6.07, 6.45) is 5.58. The lowest BCUT2D eigenvalue weighted by atomic mass is 10.0. The summed E-state index contributed by atoms with van der Waals surface area (Å²) in [5, 5.41) is 8.26. The predicted octanol–water partition coefficient (Wildman–Crippen LogP) is 3.19. The SMILES string of the molecule is Cn1ccc2ccc(-c3cc(NCC4COCCN4)cc4nccnc34)cc21. The molecule has 2 N–H and O–H groups in total. The largest absolute Gasteiger partial charge is 0.383 e. The molecule has 6 heteroatoms. The fourth-order valence-electron chi connectivity index (χ4n) is 3.82. The van der Waals surface area contributed by atoms with Gasteiger partial charge in [-0.15, -0.1) is 0 Å². The highest BCUT2D eigenvalue weighted by Gasteiger charge is 2.14. The number of fused-ring (bicyclic) bond motifs is 2. The Labute approximate surface area is 163 Å². The Kier molecular flexibility index (Phi) is 4.43. The van der Waals surface area contributed by atoms with Crippen molar-refractivity contribution in [3.63, 3.8) is 0 Å². The number of hydrogen-bond acceptors (Lipinski definition) is 5. The summed E-state index contributed by atoms with van der Waals surface area (Å²) in [4.78, 5) is 9.15. The van der Waals surface area contributed by atoms with Gasteiger partial charge in [0.05, 0.1) is 24.2 Å². The molecule has 3 heterocycles. The summed E-state index contributed by atoms with van der Waals surface area (Å²) in [5.74, 6) is 0. The predicted molar refractivity (Wildman–Crippen MR) is 113 cm³/mol. The molecule has 4 aromatic rings. The molecule has 1 fully saturated rings. The van der Waals surface area contributed by atoms with Crippen molar-refractivity contribution in [2.24, 2.45) is 7.05 Å². The van der Waals surface area contributed by atoms with Crippen LogP contribution >= 0.6 is 0 Å². The highest BCUT2D eigenvalue weighted by atomic mass is 16.5. The van der Waals surface area contributed by atoms with E-state index in [0.29, 0.717) is 6.04 Å². The molecule has 2 aromatic heterocycles. The van der Waals surface area contributed by atoms with E-state index < -0.39 is 0 Å². The number of benzene rings is 2. The van der Waals surface area contributed by atoms with Gasteiger partial charge in [0.25, 0.3) is 0 Å². The number of nitrogens with zero attached hydrogens (tertiary/aromatic N) is 3. The second-order valence-electron chi connectivity index (χ2n) is 7.25. The van der Waals surface area contributed by atoms with E-state index in [1.165, 1.54) is 10.9 Å². The molecule has 0 saturated carbocycles. The van der Waals surface area contributed by atoms with E-state index in [2.05, 4.69) is 74.8 Å². The lowest BCUT2D eigenvalue weighted by molar-refractivity contribution is 0.0806. The Hall–Kier alpha value is -2.96. The average Bonchev–Trinajstić information content (AvgIpc) is 3.12. The molecule has 0 amide bonds. The van der Waals surface area contributed by atoms with Crippen molar-refractivity contribution in [3.8, 4) is 11.1 Å². The normalized spacial score (nSPS) is 17.2. The smallest absolute Gasteiger partial charge is 0.0966 e. The fourth-order valence-corrected chi connectivity index (χ4v) is 3.82. The van der Waals surface area contributed by atoms with Crippen molar-refractivity contribution in [1.29, 1.82) is 0 Å². The van der Waals surface area contributed by atoms with Crippen molar-refractivity contribution < 1.29 is 4.74 Å². The lowest BCUT2D eigenvalue weighted by Crippen LogP contribution is -2.45. The Balaban J connectivity index is 1.55. The first-order valence-corrected chi connectivity index (χ1v) is 9.63. The topological polar surface area (TPSA) is 64.0 Å². The average molecular weight is 373 g/mol. The number of hydrogen-bond donors (Lipinski definition) is 2. The Morgan fingerprint density at radius 3 is 3.00 bits per heavy atom. The maximum absolute atomic E-state index is 5.55. The molecule has 1 aliphatic heterocycles. The number of aryl methyl sites for hydroxylation is 1. The Bertz CT molecular complexity index is 1130. The van der Waals surface area contributed by atoms with Gasteiger partial charge >= 0.3 is 0 Å². The van der Waals surface area contributed by atoms with E-state index in [0.717, 1.165) is 54.2 Å². The van der Waals surface area contributed by atoms with Gasteiger partial charge in [0.15, 0.2) is 0 Å². The van der Waals surface area contributed by atoms with Crippen LogP contribution in [0.4, 0.5) is 5.69 Å². The first kappa shape index (κ1) is 17.2. The highest BCUT2D eigenvalue weighted by molar-refractivity contribution is 5.97. The van der Waals surface area contributed by atoms with Gasteiger partial charge in [-0.05, 0) is 35.2 Å². The minimum Gasteiger partial charge on any atom is -0.383 e. The number of anilines is 1.